The lowest BCUT2D eigenvalue weighted by Crippen LogP contribution is -2.37. The number of nitriles is 1. The van der Waals surface area contributed by atoms with Crippen LogP contribution in [0.3, 0.4) is 0 Å². The molecule has 0 radical (unpaired) electrons. The largest absolute Gasteiger partial charge is 0.432 e. The summed E-state index contributed by atoms with van der Waals surface area (Å²) in [7, 11) is 0. The Labute approximate surface area is 156 Å². The van der Waals surface area contributed by atoms with Crippen molar-refractivity contribution in [3.63, 3.8) is 0 Å². The Hall–Kier alpha value is -3.24. The molecule has 2 aromatic carbocycles. The van der Waals surface area contributed by atoms with Crippen LogP contribution in [0.2, 0.25) is 0 Å². The molecular formula is C20H18N2O5. The van der Waals surface area contributed by atoms with E-state index in [2.05, 4.69) is 0 Å². The van der Waals surface area contributed by atoms with Gasteiger partial charge in [0.05, 0.1) is 16.6 Å². The second-order valence-electron chi connectivity index (χ2n) is 7.37. The number of carbonyl (C=O) groups excluding carboxylic acids is 1. The number of carbonyl (C=O) groups is 1. The molecule has 0 aromatic heterocycles. The summed E-state index contributed by atoms with van der Waals surface area (Å²) in [5.74, 6) is -0.654. The van der Waals surface area contributed by atoms with Crippen molar-refractivity contribution >= 4 is 11.7 Å². The Bertz CT molecular complexity index is 943. The molecule has 0 spiro atoms. The average molecular weight is 366 g/mol. The highest BCUT2D eigenvalue weighted by Crippen LogP contribution is 2.46. The van der Waals surface area contributed by atoms with Crippen LogP contribution >= 0.6 is 0 Å². The predicted octanol–water partition coefficient (Wildman–Crippen LogP) is 3.66. The van der Waals surface area contributed by atoms with E-state index < -0.39 is 28.2 Å². The molecule has 7 heteroatoms. The third kappa shape index (κ3) is 3.04. The van der Waals surface area contributed by atoms with Crippen LogP contribution in [0.25, 0.3) is 0 Å². The zero-order valence-electron chi connectivity index (χ0n) is 15.1. The quantitative estimate of drug-likeness (QED) is 0.467. The molecule has 138 valence electrons. The summed E-state index contributed by atoms with van der Waals surface area (Å²) in [6, 6.07) is 14.4. The standard InChI is InChI=1S/C20H18N2O5/c1-19(2,3)18-26-17(23)20(27-18,14-7-5-4-6-8-14)16-10-9-15(22(24)25)11-13(16)12-21/h4-11,18H,1-3H3/t18-,20-/m1/s1. The topological polar surface area (TPSA) is 102 Å². The van der Waals surface area contributed by atoms with Crippen molar-refractivity contribution in [2.75, 3.05) is 0 Å². The maximum atomic E-state index is 13.1. The van der Waals surface area contributed by atoms with Gasteiger partial charge in [-0.1, -0.05) is 51.1 Å². The SMILES string of the molecule is CC(C)(C)[C@@H]1OC(=O)[C@@](c2ccccc2)(c2ccc([N+](=O)[O-])cc2C#N)O1. The molecular weight excluding hydrogens is 348 g/mol. The monoisotopic (exact) mass is 366 g/mol. The highest BCUT2D eigenvalue weighted by molar-refractivity contribution is 5.88. The highest BCUT2D eigenvalue weighted by atomic mass is 16.8. The molecule has 1 saturated heterocycles. The highest BCUT2D eigenvalue weighted by Gasteiger charge is 2.56. The van der Waals surface area contributed by atoms with Gasteiger partial charge in [0.1, 0.15) is 0 Å². The first-order valence-electron chi connectivity index (χ1n) is 8.33. The Morgan fingerprint density at radius 3 is 2.37 bits per heavy atom. The number of nitrogens with zero attached hydrogens (tertiary/aromatic N) is 2. The van der Waals surface area contributed by atoms with Crippen LogP contribution in [0.15, 0.2) is 48.5 Å². The van der Waals surface area contributed by atoms with E-state index in [9.17, 15) is 20.2 Å². The van der Waals surface area contributed by atoms with Gasteiger partial charge >= 0.3 is 5.97 Å². The molecule has 3 rings (SSSR count). The minimum absolute atomic E-state index is 0.0143. The van der Waals surface area contributed by atoms with E-state index in [1.807, 2.05) is 26.8 Å². The normalized spacial score (nSPS) is 22.1. The summed E-state index contributed by atoms with van der Waals surface area (Å²) in [6.07, 6.45) is -0.841. The zero-order valence-corrected chi connectivity index (χ0v) is 15.1. The minimum atomic E-state index is -1.67. The van der Waals surface area contributed by atoms with Gasteiger partial charge in [0.15, 0.2) is 0 Å². The fraction of sp³-hybridized carbons (Fsp3) is 0.300. The summed E-state index contributed by atoms with van der Waals surface area (Å²) in [4.78, 5) is 23.5. The molecule has 0 amide bonds. The fourth-order valence-corrected chi connectivity index (χ4v) is 3.00. The fourth-order valence-electron chi connectivity index (χ4n) is 3.00. The summed E-state index contributed by atoms with van der Waals surface area (Å²) in [5.41, 5.74) is -1.71. The summed E-state index contributed by atoms with van der Waals surface area (Å²) in [5, 5.41) is 20.7. The van der Waals surface area contributed by atoms with Gasteiger partial charge in [-0.3, -0.25) is 10.1 Å². The third-order valence-electron chi connectivity index (χ3n) is 4.39. The Balaban J connectivity index is 2.27. The maximum Gasteiger partial charge on any atom is 0.350 e. The molecule has 27 heavy (non-hydrogen) atoms. The maximum absolute atomic E-state index is 13.1. The van der Waals surface area contributed by atoms with E-state index in [1.54, 1.807) is 30.3 Å². The molecule has 0 N–H and O–H groups in total. The summed E-state index contributed by atoms with van der Waals surface area (Å²) >= 11 is 0. The molecule has 1 fully saturated rings. The van der Waals surface area contributed by atoms with Crippen molar-refractivity contribution in [3.8, 4) is 6.07 Å². The van der Waals surface area contributed by atoms with Gasteiger partial charge in [0.2, 0.25) is 11.9 Å². The molecule has 0 bridgehead atoms. The third-order valence-corrected chi connectivity index (χ3v) is 4.39. The second-order valence-corrected chi connectivity index (χ2v) is 7.37. The lowest BCUT2D eigenvalue weighted by molar-refractivity contribution is -0.384. The Kier molecular flexibility index (Phi) is 4.46. The number of benzene rings is 2. The van der Waals surface area contributed by atoms with Gasteiger partial charge in [0.25, 0.3) is 5.69 Å². The van der Waals surface area contributed by atoms with Crippen LogP contribution in [0.1, 0.15) is 37.5 Å². The van der Waals surface area contributed by atoms with Crippen molar-refractivity contribution in [3.05, 3.63) is 75.3 Å². The van der Waals surface area contributed by atoms with E-state index in [1.165, 1.54) is 12.1 Å². The van der Waals surface area contributed by atoms with Gasteiger partial charge in [0, 0.05) is 23.1 Å². The smallest absolute Gasteiger partial charge is 0.350 e. The van der Waals surface area contributed by atoms with E-state index in [4.69, 9.17) is 9.47 Å². The molecule has 2 atom stereocenters. The van der Waals surface area contributed by atoms with Crippen molar-refractivity contribution in [1.82, 2.24) is 0 Å². The number of ether oxygens (including phenoxy) is 2. The van der Waals surface area contributed by atoms with Crippen LogP contribution in [0.4, 0.5) is 5.69 Å². The first-order chi connectivity index (χ1) is 12.7. The van der Waals surface area contributed by atoms with Crippen LogP contribution in [-0.4, -0.2) is 17.2 Å². The molecule has 0 saturated carbocycles. The number of rotatable bonds is 3. The number of cyclic esters (lactones) is 1. The lowest BCUT2D eigenvalue weighted by Gasteiger charge is -2.29. The van der Waals surface area contributed by atoms with Crippen LogP contribution in [-0.2, 0) is 19.9 Å². The van der Waals surface area contributed by atoms with Crippen LogP contribution in [0, 0.1) is 26.9 Å². The van der Waals surface area contributed by atoms with Gasteiger partial charge in [-0.2, -0.15) is 5.26 Å². The lowest BCUT2D eigenvalue weighted by atomic mass is 9.83. The van der Waals surface area contributed by atoms with E-state index in [-0.39, 0.29) is 16.8 Å². The van der Waals surface area contributed by atoms with Crippen LogP contribution < -0.4 is 0 Å². The first-order valence-corrected chi connectivity index (χ1v) is 8.33. The van der Waals surface area contributed by atoms with Gasteiger partial charge in [-0.15, -0.1) is 0 Å². The zero-order chi connectivity index (χ0) is 19.8. The van der Waals surface area contributed by atoms with Gasteiger partial charge < -0.3 is 9.47 Å². The predicted molar refractivity (Wildman–Crippen MR) is 95.5 cm³/mol. The average Bonchev–Trinajstić information content (AvgIpc) is 3.00. The van der Waals surface area contributed by atoms with E-state index in [0.717, 1.165) is 6.07 Å². The molecule has 1 heterocycles. The molecule has 2 aromatic rings. The minimum Gasteiger partial charge on any atom is -0.432 e. The number of non-ortho nitro benzene ring substituents is 1. The van der Waals surface area contributed by atoms with Gasteiger partial charge in [-0.25, -0.2) is 4.79 Å². The van der Waals surface area contributed by atoms with Crippen LogP contribution in [0.5, 0.6) is 0 Å². The second kappa shape index (κ2) is 6.49. The number of nitro groups is 1. The number of hydrogen-bond donors (Lipinski definition) is 0. The number of esters is 1. The number of nitro benzene ring substituents is 1. The van der Waals surface area contributed by atoms with Crippen molar-refractivity contribution in [2.24, 2.45) is 5.41 Å². The van der Waals surface area contributed by atoms with Crippen molar-refractivity contribution < 1.29 is 19.2 Å². The van der Waals surface area contributed by atoms with Crippen molar-refractivity contribution in [2.45, 2.75) is 32.7 Å². The molecule has 7 nitrogen and oxygen atoms in total. The summed E-state index contributed by atoms with van der Waals surface area (Å²) < 4.78 is 11.7. The Morgan fingerprint density at radius 2 is 1.85 bits per heavy atom. The Morgan fingerprint density at radius 1 is 1.19 bits per heavy atom. The molecule has 1 aliphatic heterocycles. The van der Waals surface area contributed by atoms with E-state index in [0.29, 0.717) is 5.56 Å². The van der Waals surface area contributed by atoms with Gasteiger partial charge in [-0.05, 0) is 11.6 Å². The molecule has 0 aliphatic carbocycles. The molecule has 0 unspecified atom stereocenters. The van der Waals surface area contributed by atoms with Crippen molar-refractivity contribution in [1.29, 1.82) is 5.26 Å². The van der Waals surface area contributed by atoms with E-state index >= 15 is 0 Å². The first kappa shape index (κ1) is 18.5. The summed E-state index contributed by atoms with van der Waals surface area (Å²) in [6.45, 7) is 5.60. The molecule has 1 aliphatic rings. The number of hydrogen-bond acceptors (Lipinski definition) is 6.